The molecule has 0 unspecified atom stereocenters. The van der Waals surface area contributed by atoms with Crippen LogP contribution in [0.2, 0.25) is 0 Å². The lowest BCUT2D eigenvalue weighted by Crippen LogP contribution is -2.29. The molecule has 2 heterocycles. The first-order valence-corrected chi connectivity index (χ1v) is 7.62. The van der Waals surface area contributed by atoms with E-state index in [4.69, 9.17) is 5.11 Å². The predicted molar refractivity (Wildman–Crippen MR) is 92.9 cm³/mol. The van der Waals surface area contributed by atoms with Crippen molar-refractivity contribution < 1.29 is 14.7 Å². The summed E-state index contributed by atoms with van der Waals surface area (Å²) >= 11 is 0. The molecule has 2 N–H and O–H groups in total. The van der Waals surface area contributed by atoms with E-state index >= 15 is 0 Å². The van der Waals surface area contributed by atoms with E-state index in [0.717, 1.165) is 22.4 Å². The van der Waals surface area contributed by atoms with Gasteiger partial charge in [-0.25, -0.2) is 0 Å². The highest BCUT2D eigenvalue weighted by molar-refractivity contribution is 5.94. The van der Waals surface area contributed by atoms with Crippen molar-refractivity contribution in [3.8, 4) is 22.4 Å². The lowest BCUT2D eigenvalue weighted by molar-refractivity contribution is -0.135. The molecule has 25 heavy (non-hydrogen) atoms. The molecule has 6 heteroatoms. The van der Waals surface area contributed by atoms with Crippen LogP contribution in [0.25, 0.3) is 22.4 Å². The van der Waals surface area contributed by atoms with Gasteiger partial charge >= 0.3 is 5.97 Å². The summed E-state index contributed by atoms with van der Waals surface area (Å²) in [6, 6.07) is 16.9. The van der Waals surface area contributed by atoms with Crippen LogP contribution in [-0.4, -0.2) is 33.5 Å². The van der Waals surface area contributed by atoms with Crippen LogP contribution in [-0.2, 0) is 4.79 Å². The third kappa shape index (κ3) is 3.87. The number of rotatable bonds is 5. The zero-order chi connectivity index (χ0) is 17.6. The average molecular weight is 333 g/mol. The number of aliphatic carboxylic acids is 1. The molecule has 0 fully saturated rings. The number of aromatic nitrogens is 2. The number of nitrogens with one attached hydrogen (secondary N) is 1. The van der Waals surface area contributed by atoms with Crippen molar-refractivity contribution in [3.05, 3.63) is 72.7 Å². The molecule has 1 amide bonds. The topological polar surface area (TPSA) is 92.2 Å². The number of hydrogen-bond acceptors (Lipinski definition) is 4. The SMILES string of the molecule is O=C(O)CNC(=O)c1ccc(-c2cccnc2-c2ccccc2)cn1. The fourth-order valence-electron chi connectivity index (χ4n) is 2.40. The van der Waals surface area contributed by atoms with Crippen molar-refractivity contribution in [2.75, 3.05) is 6.54 Å². The molecule has 2 aromatic heterocycles. The molecule has 124 valence electrons. The Kier molecular flexibility index (Phi) is 4.80. The fraction of sp³-hybridized carbons (Fsp3) is 0.0526. The molecule has 0 bridgehead atoms. The second-order valence-corrected chi connectivity index (χ2v) is 5.27. The number of pyridine rings is 2. The summed E-state index contributed by atoms with van der Waals surface area (Å²) in [6.45, 7) is -0.441. The summed E-state index contributed by atoms with van der Waals surface area (Å²) in [5, 5.41) is 10.9. The van der Waals surface area contributed by atoms with Crippen LogP contribution in [0.5, 0.6) is 0 Å². The van der Waals surface area contributed by atoms with Gasteiger partial charge in [-0.3, -0.25) is 19.6 Å². The highest BCUT2D eigenvalue weighted by Crippen LogP contribution is 2.29. The summed E-state index contributed by atoms with van der Waals surface area (Å²) in [4.78, 5) is 30.9. The molecule has 0 aliphatic rings. The first-order chi connectivity index (χ1) is 12.1. The molecule has 6 nitrogen and oxygen atoms in total. The number of carboxylic acids is 1. The van der Waals surface area contributed by atoms with E-state index in [-0.39, 0.29) is 5.69 Å². The quantitative estimate of drug-likeness (QED) is 0.749. The summed E-state index contributed by atoms with van der Waals surface area (Å²) < 4.78 is 0. The van der Waals surface area contributed by atoms with Gasteiger partial charge in [0.2, 0.25) is 0 Å². The molecule has 0 aliphatic carbocycles. The first kappa shape index (κ1) is 16.3. The van der Waals surface area contributed by atoms with Gasteiger partial charge in [0.15, 0.2) is 0 Å². The molecule has 0 saturated heterocycles. The van der Waals surface area contributed by atoms with Gasteiger partial charge in [-0.05, 0) is 12.1 Å². The predicted octanol–water partition coefficient (Wildman–Crippen LogP) is 2.63. The van der Waals surface area contributed by atoms with Gasteiger partial charge in [0.1, 0.15) is 12.2 Å². The van der Waals surface area contributed by atoms with Crippen LogP contribution in [0.1, 0.15) is 10.5 Å². The number of carbonyl (C=O) groups is 2. The van der Waals surface area contributed by atoms with E-state index in [1.807, 2.05) is 42.5 Å². The lowest BCUT2D eigenvalue weighted by Gasteiger charge is -2.09. The standard InChI is InChI=1S/C19H15N3O3/c23-17(24)12-22-19(25)16-9-8-14(11-21-16)15-7-4-10-20-18(15)13-5-2-1-3-6-13/h1-11H,12H2,(H,22,25)(H,23,24). The summed E-state index contributed by atoms with van der Waals surface area (Å²) in [7, 11) is 0. The minimum absolute atomic E-state index is 0.162. The van der Waals surface area contributed by atoms with Crippen molar-refractivity contribution in [3.63, 3.8) is 0 Å². The molecule has 3 aromatic rings. The van der Waals surface area contributed by atoms with E-state index < -0.39 is 18.4 Å². The van der Waals surface area contributed by atoms with Crippen molar-refractivity contribution in [2.45, 2.75) is 0 Å². The van der Waals surface area contributed by atoms with Crippen LogP contribution < -0.4 is 5.32 Å². The highest BCUT2D eigenvalue weighted by atomic mass is 16.4. The second-order valence-electron chi connectivity index (χ2n) is 5.27. The number of nitrogens with zero attached hydrogens (tertiary/aromatic N) is 2. The van der Waals surface area contributed by atoms with Crippen LogP contribution >= 0.6 is 0 Å². The van der Waals surface area contributed by atoms with E-state index in [9.17, 15) is 9.59 Å². The maximum absolute atomic E-state index is 11.8. The third-order valence-electron chi connectivity index (χ3n) is 3.56. The number of carboxylic acid groups (broad SMARTS) is 1. The van der Waals surface area contributed by atoms with Gasteiger partial charge in [0.05, 0.1) is 5.69 Å². The van der Waals surface area contributed by atoms with E-state index in [1.165, 1.54) is 0 Å². The number of carbonyl (C=O) groups excluding carboxylic acids is 1. The van der Waals surface area contributed by atoms with Crippen LogP contribution in [0.3, 0.4) is 0 Å². The Morgan fingerprint density at radius 1 is 0.920 bits per heavy atom. The minimum Gasteiger partial charge on any atom is -0.480 e. The molecule has 0 radical (unpaired) electrons. The molecule has 0 aliphatic heterocycles. The van der Waals surface area contributed by atoms with Gasteiger partial charge < -0.3 is 10.4 Å². The zero-order valence-corrected chi connectivity index (χ0v) is 13.2. The Morgan fingerprint density at radius 3 is 2.40 bits per heavy atom. The Morgan fingerprint density at radius 2 is 1.72 bits per heavy atom. The van der Waals surface area contributed by atoms with Crippen LogP contribution in [0.15, 0.2) is 67.0 Å². The summed E-state index contributed by atoms with van der Waals surface area (Å²) in [5.41, 5.74) is 3.70. The van der Waals surface area contributed by atoms with Crippen LogP contribution in [0, 0.1) is 0 Å². The van der Waals surface area contributed by atoms with Gasteiger partial charge in [-0.2, -0.15) is 0 Å². The maximum Gasteiger partial charge on any atom is 0.322 e. The molecule has 0 saturated carbocycles. The lowest BCUT2D eigenvalue weighted by atomic mass is 10.0. The molecule has 0 spiro atoms. The van der Waals surface area contributed by atoms with Crippen LogP contribution in [0.4, 0.5) is 0 Å². The number of benzene rings is 1. The Balaban J connectivity index is 1.89. The monoisotopic (exact) mass is 333 g/mol. The first-order valence-electron chi connectivity index (χ1n) is 7.62. The summed E-state index contributed by atoms with van der Waals surface area (Å²) in [5.74, 6) is -1.63. The van der Waals surface area contributed by atoms with Gasteiger partial charge in [-0.1, -0.05) is 42.5 Å². The maximum atomic E-state index is 11.8. The summed E-state index contributed by atoms with van der Waals surface area (Å²) in [6.07, 6.45) is 3.31. The van der Waals surface area contributed by atoms with E-state index in [2.05, 4.69) is 15.3 Å². The molecule has 1 aromatic carbocycles. The Bertz CT molecular complexity index is 893. The minimum atomic E-state index is -1.10. The second kappa shape index (κ2) is 7.35. The average Bonchev–Trinajstić information content (AvgIpc) is 2.67. The Hall–Kier alpha value is -3.54. The van der Waals surface area contributed by atoms with Crippen molar-refractivity contribution >= 4 is 11.9 Å². The fourth-order valence-corrected chi connectivity index (χ4v) is 2.40. The molecule has 0 atom stereocenters. The third-order valence-corrected chi connectivity index (χ3v) is 3.56. The van der Waals surface area contributed by atoms with Crippen molar-refractivity contribution in [2.24, 2.45) is 0 Å². The van der Waals surface area contributed by atoms with Gasteiger partial charge in [0, 0.05) is 29.1 Å². The largest absolute Gasteiger partial charge is 0.480 e. The number of hydrogen-bond donors (Lipinski definition) is 2. The van der Waals surface area contributed by atoms with E-state index in [1.54, 1.807) is 24.5 Å². The normalized spacial score (nSPS) is 10.2. The molecular weight excluding hydrogens is 318 g/mol. The van der Waals surface area contributed by atoms with E-state index in [0.29, 0.717) is 0 Å². The van der Waals surface area contributed by atoms with Gasteiger partial charge in [-0.15, -0.1) is 0 Å². The zero-order valence-electron chi connectivity index (χ0n) is 13.2. The smallest absolute Gasteiger partial charge is 0.322 e. The number of amides is 1. The molecular formula is C19H15N3O3. The molecule has 3 rings (SSSR count). The van der Waals surface area contributed by atoms with Crippen molar-refractivity contribution in [1.29, 1.82) is 0 Å². The van der Waals surface area contributed by atoms with Crippen molar-refractivity contribution in [1.82, 2.24) is 15.3 Å². The Labute approximate surface area is 144 Å². The van der Waals surface area contributed by atoms with Gasteiger partial charge in [0.25, 0.3) is 5.91 Å². The highest BCUT2D eigenvalue weighted by Gasteiger charge is 2.11.